The third-order valence-electron chi connectivity index (χ3n) is 8.46. The van der Waals surface area contributed by atoms with Crippen LogP contribution in [0.3, 0.4) is 0 Å². The van der Waals surface area contributed by atoms with E-state index >= 15 is 0 Å². The van der Waals surface area contributed by atoms with Crippen LogP contribution in [0.4, 0.5) is 5.69 Å². The molecule has 3 aliphatic rings. The Morgan fingerprint density at radius 3 is 2.38 bits per heavy atom. The monoisotopic (exact) mass is 557 g/mol. The van der Waals surface area contributed by atoms with E-state index in [2.05, 4.69) is 0 Å². The first-order chi connectivity index (χ1) is 18.7. The Bertz CT molecular complexity index is 1320. The Balaban J connectivity index is 1.86. The number of hydrogen-bond donors (Lipinski definition) is 4. The first kappa shape index (κ1) is 29.4. The number of ketones is 3. The quantitative estimate of drug-likeness (QED) is 0.197. The Labute approximate surface area is 231 Å². The summed E-state index contributed by atoms with van der Waals surface area (Å²) < 4.78 is 4.89. The van der Waals surface area contributed by atoms with Crippen LogP contribution < -0.4 is 10.6 Å². The molecular formula is C28H35N3O9. The van der Waals surface area contributed by atoms with Gasteiger partial charge in [-0.2, -0.15) is 0 Å². The zero-order valence-corrected chi connectivity index (χ0v) is 23.1. The molecule has 0 radical (unpaired) electrons. The third-order valence-corrected chi connectivity index (χ3v) is 8.46. The van der Waals surface area contributed by atoms with Crippen molar-refractivity contribution >= 4 is 41.0 Å². The molecule has 5 N–H and O–H groups in total. The first-order valence-corrected chi connectivity index (χ1v) is 13.1. The number of benzene rings is 1. The molecule has 0 aliphatic heterocycles. The Morgan fingerprint density at radius 1 is 1.18 bits per heavy atom. The van der Waals surface area contributed by atoms with Gasteiger partial charge in [-0.3, -0.25) is 19.2 Å². The van der Waals surface area contributed by atoms with E-state index in [1.165, 1.54) is 11.0 Å². The number of aliphatic hydroxyl groups is 2. The minimum Gasteiger partial charge on any atom is -0.507 e. The maximum Gasteiger partial charge on any atom is 0.330 e. The molecule has 1 aromatic rings. The Hall–Kier alpha value is -3.61. The van der Waals surface area contributed by atoms with E-state index in [1.54, 1.807) is 46.1 Å². The molecule has 216 valence electrons. The van der Waals surface area contributed by atoms with Crippen LogP contribution in [-0.4, -0.2) is 102 Å². The van der Waals surface area contributed by atoms with Gasteiger partial charge in [0.25, 0.3) is 0 Å². The summed E-state index contributed by atoms with van der Waals surface area (Å²) in [5.41, 5.74) is 3.74. The number of phenolic OH excluding ortho intramolecular Hbond substituents is 1. The number of amides is 1. The molecule has 0 saturated heterocycles. The predicted molar refractivity (Wildman–Crippen MR) is 142 cm³/mol. The zero-order chi connectivity index (χ0) is 29.8. The summed E-state index contributed by atoms with van der Waals surface area (Å²) in [6, 6.07) is 0.644. The van der Waals surface area contributed by atoms with Crippen molar-refractivity contribution in [2.24, 2.45) is 29.4 Å². The van der Waals surface area contributed by atoms with E-state index in [0.717, 1.165) is 6.08 Å². The van der Waals surface area contributed by atoms with Crippen molar-refractivity contribution in [3.05, 3.63) is 28.8 Å². The van der Waals surface area contributed by atoms with Crippen LogP contribution in [0.2, 0.25) is 0 Å². The number of ether oxygens (including phenoxy) is 1. The summed E-state index contributed by atoms with van der Waals surface area (Å²) in [6.07, 6.45) is 1.04. The van der Waals surface area contributed by atoms with E-state index in [9.17, 15) is 39.3 Å². The number of phenols is 1. The first-order valence-electron chi connectivity index (χ1n) is 13.1. The second-order valence-electron chi connectivity index (χ2n) is 11.1. The van der Waals surface area contributed by atoms with Crippen molar-refractivity contribution in [2.75, 3.05) is 39.7 Å². The number of Topliss-reactive ketones (excluding diaryl/α,β-unsaturated/α-hetero) is 3. The summed E-state index contributed by atoms with van der Waals surface area (Å²) >= 11 is 0. The van der Waals surface area contributed by atoms with Gasteiger partial charge in [-0.15, -0.1) is 0 Å². The molecule has 1 aromatic carbocycles. The number of esters is 1. The largest absolute Gasteiger partial charge is 0.507 e. The average Bonchev–Trinajstić information content (AvgIpc) is 2.85. The van der Waals surface area contributed by atoms with Gasteiger partial charge in [0.1, 0.15) is 11.7 Å². The highest BCUT2D eigenvalue weighted by atomic mass is 16.5. The second kappa shape index (κ2) is 10.4. The lowest BCUT2D eigenvalue weighted by Crippen LogP contribution is -2.75. The van der Waals surface area contributed by atoms with Gasteiger partial charge in [0.05, 0.1) is 24.2 Å². The van der Waals surface area contributed by atoms with Gasteiger partial charge in [-0.1, -0.05) is 0 Å². The van der Waals surface area contributed by atoms with Crippen molar-refractivity contribution < 1.29 is 44.0 Å². The number of hydrogen-bond acceptors (Lipinski definition) is 11. The number of fused-ring (bicyclic) bond motifs is 3. The molecule has 2 fully saturated rings. The predicted octanol–water partition coefficient (Wildman–Crippen LogP) is -0.699. The molecule has 12 nitrogen and oxygen atoms in total. The molecule has 0 bridgehead atoms. The molecule has 0 heterocycles. The minimum absolute atomic E-state index is 0.0212. The highest BCUT2D eigenvalue weighted by molar-refractivity contribution is 6.26. The minimum atomic E-state index is -2.73. The highest BCUT2D eigenvalue weighted by Crippen LogP contribution is 2.52. The van der Waals surface area contributed by atoms with Crippen LogP contribution in [-0.2, 0) is 30.3 Å². The molecule has 3 unspecified atom stereocenters. The molecule has 0 aromatic heterocycles. The van der Waals surface area contributed by atoms with Crippen molar-refractivity contribution in [3.8, 4) is 5.75 Å². The Morgan fingerprint density at radius 2 is 1.82 bits per heavy atom. The number of anilines is 1. The summed E-state index contributed by atoms with van der Waals surface area (Å²) in [4.78, 5) is 68.7. The van der Waals surface area contributed by atoms with Crippen LogP contribution >= 0.6 is 0 Å². The molecule has 40 heavy (non-hydrogen) atoms. The molecular weight excluding hydrogens is 522 g/mol. The normalized spacial score (nSPS) is 31.6. The van der Waals surface area contributed by atoms with Crippen molar-refractivity contribution in [1.82, 2.24) is 4.90 Å². The standard InChI is InChI=1S/C28H35N3O9/c1-6-40-17(32)8-7-12-11-16(30(2)3)14-9-13-10-15-21(31(4)5)24(35)20(27(29)38)26(37)28(15,39)25(36)18(13)23(34)19(14)22(12)33/h7-8,11,13,15,18,20-21,24,33,35,39H,6,9-10H2,1-5H3,(H2,29,38)/t13-,15-,18?,20?,21-,24?,28-/m1/s1. The maximum absolute atomic E-state index is 14.0. The maximum atomic E-state index is 14.0. The van der Waals surface area contributed by atoms with E-state index in [4.69, 9.17) is 10.5 Å². The second-order valence-corrected chi connectivity index (χ2v) is 11.1. The molecule has 4 rings (SSSR count). The Kier molecular flexibility index (Phi) is 7.65. The van der Waals surface area contributed by atoms with Gasteiger partial charge < -0.3 is 35.6 Å². The molecule has 1 amide bonds. The highest BCUT2D eigenvalue weighted by Gasteiger charge is 2.69. The number of carbonyl (C=O) groups is 5. The zero-order valence-electron chi connectivity index (χ0n) is 23.1. The van der Waals surface area contributed by atoms with Gasteiger partial charge in [-0.25, -0.2) is 4.79 Å². The number of carbonyl (C=O) groups excluding carboxylic acids is 5. The lowest BCUT2D eigenvalue weighted by molar-refractivity contribution is -0.190. The summed E-state index contributed by atoms with van der Waals surface area (Å²) in [5, 5.41) is 33.8. The fourth-order valence-electron chi connectivity index (χ4n) is 6.76. The van der Waals surface area contributed by atoms with E-state index in [1.807, 2.05) is 0 Å². The number of likely N-dealkylation sites (N-methyl/N-ethyl adjacent to an activating group) is 1. The van der Waals surface area contributed by atoms with Gasteiger partial charge in [-0.05, 0) is 57.5 Å². The topological polar surface area (TPSA) is 188 Å². The third kappa shape index (κ3) is 4.30. The summed E-state index contributed by atoms with van der Waals surface area (Å²) in [7, 11) is 6.67. The van der Waals surface area contributed by atoms with E-state index in [0.29, 0.717) is 11.3 Å². The fourth-order valence-corrected chi connectivity index (χ4v) is 6.76. The van der Waals surface area contributed by atoms with Crippen LogP contribution in [0.25, 0.3) is 6.08 Å². The summed E-state index contributed by atoms with van der Waals surface area (Å²) in [5.74, 6) is -10.4. The SMILES string of the molecule is CCOC(=O)C=Cc1cc(N(C)C)c2c(c1O)C(=O)C1C(=O)[C@@]3(O)C(=O)C(C(N)=O)C(O)[C@H](N(C)C)[C@H]3C[C@H]1C2. The van der Waals surface area contributed by atoms with Gasteiger partial charge in [0.2, 0.25) is 5.91 Å². The fraction of sp³-hybridized carbons (Fsp3) is 0.536. The van der Waals surface area contributed by atoms with E-state index in [-0.39, 0.29) is 30.6 Å². The number of nitrogens with zero attached hydrogens (tertiary/aromatic N) is 2. The molecule has 2 saturated carbocycles. The molecule has 7 atom stereocenters. The smallest absolute Gasteiger partial charge is 0.330 e. The molecule has 0 spiro atoms. The lowest BCUT2D eigenvalue weighted by atomic mass is 9.52. The molecule has 3 aliphatic carbocycles. The van der Waals surface area contributed by atoms with Crippen LogP contribution in [0.5, 0.6) is 5.75 Å². The van der Waals surface area contributed by atoms with Crippen LogP contribution in [0.15, 0.2) is 12.1 Å². The average molecular weight is 558 g/mol. The summed E-state index contributed by atoms with van der Waals surface area (Å²) in [6.45, 7) is 1.79. The number of rotatable bonds is 6. The van der Waals surface area contributed by atoms with Crippen molar-refractivity contribution in [3.63, 3.8) is 0 Å². The van der Waals surface area contributed by atoms with Crippen molar-refractivity contribution in [2.45, 2.75) is 37.5 Å². The number of aromatic hydroxyl groups is 1. The number of aliphatic hydroxyl groups excluding tert-OH is 1. The van der Waals surface area contributed by atoms with Gasteiger partial charge in [0.15, 0.2) is 23.0 Å². The van der Waals surface area contributed by atoms with Crippen LogP contribution in [0.1, 0.15) is 34.8 Å². The van der Waals surface area contributed by atoms with Gasteiger partial charge >= 0.3 is 5.97 Å². The van der Waals surface area contributed by atoms with Gasteiger partial charge in [0, 0.05) is 43.4 Å². The number of nitrogens with two attached hydrogens (primary N) is 1. The lowest BCUT2D eigenvalue weighted by Gasteiger charge is -2.55. The van der Waals surface area contributed by atoms with E-state index < -0.39 is 76.4 Å². The molecule has 12 heteroatoms. The van der Waals surface area contributed by atoms with Crippen LogP contribution in [0, 0.1) is 23.7 Å². The number of primary amides is 1. The van der Waals surface area contributed by atoms with Crippen molar-refractivity contribution in [1.29, 1.82) is 0 Å².